The third-order valence-corrected chi connectivity index (χ3v) is 3.33. The van der Waals surface area contributed by atoms with E-state index in [1.54, 1.807) is 19.2 Å². The van der Waals surface area contributed by atoms with Crippen molar-refractivity contribution in [3.05, 3.63) is 17.8 Å². The van der Waals surface area contributed by atoms with Gasteiger partial charge in [-0.1, -0.05) is 0 Å². The first-order chi connectivity index (χ1) is 9.24. The molecule has 104 valence electrons. The molecule has 0 spiro atoms. The number of hydrogen-bond acceptors (Lipinski definition) is 5. The average molecular weight is 264 g/mol. The Kier molecular flexibility index (Phi) is 4.68. The van der Waals surface area contributed by atoms with Crippen molar-refractivity contribution in [3.63, 3.8) is 0 Å². The van der Waals surface area contributed by atoms with Crippen molar-refractivity contribution in [1.82, 2.24) is 15.5 Å². The molecular weight excluding hydrogens is 244 g/mol. The predicted molar refractivity (Wildman–Crippen MR) is 72.1 cm³/mol. The van der Waals surface area contributed by atoms with Gasteiger partial charge in [-0.15, -0.1) is 10.2 Å². The van der Waals surface area contributed by atoms with Gasteiger partial charge in [-0.3, -0.25) is 4.79 Å². The molecule has 0 bridgehead atoms. The highest BCUT2D eigenvalue weighted by Crippen LogP contribution is 2.21. The zero-order valence-electron chi connectivity index (χ0n) is 11.3. The molecule has 2 atom stereocenters. The topological polar surface area (TPSA) is 76.1 Å². The molecule has 6 heteroatoms. The van der Waals surface area contributed by atoms with Crippen LogP contribution in [0.5, 0.6) is 0 Å². The molecule has 0 aliphatic heterocycles. The number of aromatic nitrogens is 2. The minimum atomic E-state index is -0.190. The molecule has 1 saturated carbocycles. The summed E-state index contributed by atoms with van der Waals surface area (Å²) in [5.74, 6) is 0.485. The zero-order valence-corrected chi connectivity index (χ0v) is 11.3. The molecule has 1 amide bonds. The normalized spacial score (nSPS) is 22.2. The summed E-state index contributed by atoms with van der Waals surface area (Å²) in [5, 5.41) is 13.9. The van der Waals surface area contributed by atoms with Crippen molar-refractivity contribution in [2.45, 2.75) is 38.3 Å². The molecule has 0 saturated heterocycles. The average Bonchev–Trinajstić information content (AvgIpc) is 2.87. The van der Waals surface area contributed by atoms with Gasteiger partial charge in [0, 0.05) is 13.7 Å². The summed E-state index contributed by atoms with van der Waals surface area (Å²) in [6.07, 6.45) is 3.13. The lowest BCUT2D eigenvalue weighted by Gasteiger charge is -2.19. The van der Waals surface area contributed by atoms with E-state index in [4.69, 9.17) is 4.74 Å². The maximum atomic E-state index is 12.0. The van der Waals surface area contributed by atoms with Crippen LogP contribution in [-0.2, 0) is 4.74 Å². The molecule has 1 aliphatic rings. The molecule has 2 N–H and O–H groups in total. The summed E-state index contributed by atoms with van der Waals surface area (Å²) in [5.41, 5.74) is 0.336. The van der Waals surface area contributed by atoms with Crippen molar-refractivity contribution >= 4 is 11.7 Å². The van der Waals surface area contributed by atoms with Crippen LogP contribution in [0.25, 0.3) is 0 Å². The standard InChI is InChI=1S/C13H20N4O2/c1-3-14-12-8-7-10(16-17-12)13(18)15-9-5-4-6-11(9)19-2/h7-9,11H,3-6H2,1-2H3,(H,14,17)(H,15,18). The number of methoxy groups -OCH3 is 1. The smallest absolute Gasteiger partial charge is 0.272 e. The predicted octanol–water partition coefficient (Wildman–Crippen LogP) is 1.21. The number of anilines is 1. The molecule has 1 fully saturated rings. The third-order valence-electron chi connectivity index (χ3n) is 3.33. The minimum Gasteiger partial charge on any atom is -0.379 e. The maximum Gasteiger partial charge on any atom is 0.272 e. The lowest BCUT2D eigenvalue weighted by molar-refractivity contribution is 0.0718. The van der Waals surface area contributed by atoms with Crippen molar-refractivity contribution in [3.8, 4) is 0 Å². The SMILES string of the molecule is CCNc1ccc(C(=O)NC2CCCC2OC)nn1. The Morgan fingerprint density at radius 1 is 1.42 bits per heavy atom. The van der Waals surface area contributed by atoms with Gasteiger partial charge in [-0.2, -0.15) is 0 Å². The lowest BCUT2D eigenvalue weighted by Crippen LogP contribution is -2.41. The summed E-state index contributed by atoms with van der Waals surface area (Å²) in [7, 11) is 1.68. The van der Waals surface area contributed by atoms with Crippen LogP contribution in [0.4, 0.5) is 5.82 Å². The lowest BCUT2D eigenvalue weighted by atomic mass is 10.2. The molecule has 6 nitrogen and oxygen atoms in total. The fourth-order valence-electron chi connectivity index (χ4n) is 2.34. The van der Waals surface area contributed by atoms with Crippen LogP contribution in [0, 0.1) is 0 Å². The van der Waals surface area contributed by atoms with Gasteiger partial charge in [0.15, 0.2) is 5.69 Å². The van der Waals surface area contributed by atoms with Gasteiger partial charge in [0.25, 0.3) is 5.91 Å². The van der Waals surface area contributed by atoms with E-state index >= 15 is 0 Å². The van der Waals surface area contributed by atoms with E-state index in [0.717, 1.165) is 25.8 Å². The Balaban J connectivity index is 1.95. The van der Waals surface area contributed by atoms with E-state index < -0.39 is 0 Å². The summed E-state index contributed by atoms with van der Waals surface area (Å²) in [6, 6.07) is 3.51. The molecule has 0 radical (unpaired) electrons. The summed E-state index contributed by atoms with van der Waals surface area (Å²) in [4.78, 5) is 12.0. The first kappa shape index (κ1) is 13.7. The number of hydrogen-bond donors (Lipinski definition) is 2. The number of amides is 1. The first-order valence-electron chi connectivity index (χ1n) is 6.66. The molecule has 2 rings (SSSR count). The Labute approximate surface area is 112 Å². The molecule has 1 aliphatic carbocycles. The number of nitrogens with zero attached hydrogens (tertiary/aromatic N) is 2. The highest BCUT2D eigenvalue weighted by molar-refractivity contribution is 5.92. The molecular formula is C13H20N4O2. The molecule has 1 aromatic rings. The van der Waals surface area contributed by atoms with Gasteiger partial charge in [-0.05, 0) is 38.3 Å². The second kappa shape index (κ2) is 6.47. The van der Waals surface area contributed by atoms with E-state index in [9.17, 15) is 4.79 Å². The van der Waals surface area contributed by atoms with E-state index in [0.29, 0.717) is 11.5 Å². The van der Waals surface area contributed by atoms with Gasteiger partial charge in [0.1, 0.15) is 5.82 Å². The zero-order chi connectivity index (χ0) is 13.7. The third kappa shape index (κ3) is 3.41. The van der Waals surface area contributed by atoms with Crippen LogP contribution in [0.2, 0.25) is 0 Å². The molecule has 0 aromatic carbocycles. The van der Waals surface area contributed by atoms with Crippen molar-refractivity contribution in [2.75, 3.05) is 19.0 Å². The quantitative estimate of drug-likeness (QED) is 0.836. The van der Waals surface area contributed by atoms with E-state index in [-0.39, 0.29) is 18.1 Å². The summed E-state index contributed by atoms with van der Waals surface area (Å²) < 4.78 is 5.35. The van der Waals surface area contributed by atoms with E-state index in [2.05, 4.69) is 20.8 Å². The molecule has 19 heavy (non-hydrogen) atoms. The van der Waals surface area contributed by atoms with Crippen LogP contribution >= 0.6 is 0 Å². The second-order valence-corrected chi connectivity index (χ2v) is 4.62. The first-order valence-corrected chi connectivity index (χ1v) is 6.66. The number of rotatable bonds is 5. The van der Waals surface area contributed by atoms with Crippen LogP contribution in [0.15, 0.2) is 12.1 Å². The van der Waals surface area contributed by atoms with E-state index in [1.807, 2.05) is 6.92 Å². The van der Waals surface area contributed by atoms with Crippen LogP contribution in [0.1, 0.15) is 36.7 Å². The van der Waals surface area contributed by atoms with Crippen LogP contribution in [-0.4, -0.2) is 41.9 Å². The molecule has 1 heterocycles. The van der Waals surface area contributed by atoms with Crippen LogP contribution < -0.4 is 10.6 Å². The maximum absolute atomic E-state index is 12.0. The monoisotopic (exact) mass is 264 g/mol. The Morgan fingerprint density at radius 3 is 2.89 bits per heavy atom. The van der Waals surface area contributed by atoms with Gasteiger partial charge in [0.05, 0.1) is 12.1 Å². The number of carbonyl (C=O) groups excluding carboxylic acids is 1. The Bertz CT molecular complexity index is 421. The largest absolute Gasteiger partial charge is 0.379 e. The highest BCUT2D eigenvalue weighted by atomic mass is 16.5. The van der Waals surface area contributed by atoms with Crippen molar-refractivity contribution < 1.29 is 9.53 Å². The number of ether oxygens (including phenoxy) is 1. The summed E-state index contributed by atoms with van der Waals surface area (Å²) >= 11 is 0. The molecule has 1 aromatic heterocycles. The number of carbonyl (C=O) groups is 1. The molecule has 2 unspecified atom stereocenters. The van der Waals surface area contributed by atoms with Crippen molar-refractivity contribution in [2.24, 2.45) is 0 Å². The van der Waals surface area contributed by atoms with Gasteiger partial charge in [-0.25, -0.2) is 0 Å². The van der Waals surface area contributed by atoms with Gasteiger partial charge < -0.3 is 15.4 Å². The van der Waals surface area contributed by atoms with Crippen LogP contribution in [0.3, 0.4) is 0 Å². The number of nitrogens with one attached hydrogen (secondary N) is 2. The minimum absolute atomic E-state index is 0.0766. The Hall–Kier alpha value is -1.69. The van der Waals surface area contributed by atoms with E-state index in [1.165, 1.54) is 0 Å². The van der Waals surface area contributed by atoms with Gasteiger partial charge in [0.2, 0.25) is 0 Å². The fourth-order valence-corrected chi connectivity index (χ4v) is 2.34. The van der Waals surface area contributed by atoms with Gasteiger partial charge >= 0.3 is 0 Å². The fraction of sp³-hybridized carbons (Fsp3) is 0.615. The Morgan fingerprint density at radius 2 is 2.26 bits per heavy atom. The second-order valence-electron chi connectivity index (χ2n) is 4.62. The van der Waals surface area contributed by atoms with Crippen molar-refractivity contribution in [1.29, 1.82) is 0 Å². The summed E-state index contributed by atoms with van der Waals surface area (Å²) in [6.45, 7) is 2.76. The highest BCUT2D eigenvalue weighted by Gasteiger charge is 2.28.